The van der Waals surface area contributed by atoms with E-state index in [1.54, 1.807) is 7.11 Å². The number of allylic oxidation sites excluding steroid dienone is 2. The van der Waals surface area contributed by atoms with Crippen molar-refractivity contribution in [1.82, 2.24) is 4.98 Å². The zero-order valence-corrected chi connectivity index (χ0v) is 12.7. The summed E-state index contributed by atoms with van der Waals surface area (Å²) in [6.07, 6.45) is 10.1. The van der Waals surface area contributed by atoms with Crippen molar-refractivity contribution in [3.8, 4) is 5.75 Å². The van der Waals surface area contributed by atoms with E-state index in [-0.39, 0.29) is 0 Å². The monoisotopic (exact) mass is 298 g/mol. The fourth-order valence-corrected chi connectivity index (χ4v) is 2.04. The number of rotatable bonds is 2. The number of aromatic amines is 1. The lowest BCUT2D eigenvalue weighted by molar-refractivity contribution is 0.415. The molecule has 2 aromatic rings. The number of H-pyrrole nitrogens is 1. The van der Waals surface area contributed by atoms with Gasteiger partial charge in [-0.2, -0.15) is 0 Å². The van der Waals surface area contributed by atoms with Gasteiger partial charge in [0.25, 0.3) is 0 Å². The average molecular weight is 298 g/mol. The van der Waals surface area contributed by atoms with Crippen LogP contribution in [-0.2, 0) is 0 Å². The molecule has 1 aromatic heterocycles. The van der Waals surface area contributed by atoms with E-state index in [9.17, 15) is 0 Å². The SMILES string of the molecule is COc1ccccc1N1C=CC=CC1.S=c1cccc[nH]1. The van der Waals surface area contributed by atoms with Gasteiger partial charge >= 0.3 is 0 Å². The first-order valence-electron chi connectivity index (χ1n) is 6.68. The highest BCUT2D eigenvalue weighted by atomic mass is 32.1. The molecule has 4 heteroatoms. The molecule has 108 valence electrons. The molecule has 0 fully saturated rings. The van der Waals surface area contributed by atoms with Gasteiger partial charge in [-0.1, -0.05) is 42.6 Å². The Kier molecular flexibility index (Phi) is 5.79. The Hall–Kier alpha value is -2.33. The van der Waals surface area contributed by atoms with Crippen LogP contribution in [0.3, 0.4) is 0 Å². The van der Waals surface area contributed by atoms with Crippen LogP contribution in [0.2, 0.25) is 0 Å². The van der Waals surface area contributed by atoms with Gasteiger partial charge in [0.2, 0.25) is 0 Å². The summed E-state index contributed by atoms with van der Waals surface area (Å²) < 4.78 is 6.08. The number of nitrogens with zero attached hydrogens (tertiary/aromatic N) is 1. The molecular formula is C17H18N2OS. The zero-order chi connectivity index (χ0) is 14.9. The van der Waals surface area contributed by atoms with Gasteiger partial charge in [0, 0.05) is 18.9 Å². The van der Waals surface area contributed by atoms with E-state index in [4.69, 9.17) is 17.0 Å². The lowest BCUT2D eigenvalue weighted by atomic mass is 10.2. The number of anilines is 1. The Balaban J connectivity index is 0.000000194. The lowest BCUT2D eigenvalue weighted by Gasteiger charge is -2.22. The molecule has 0 unspecified atom stereocenters. The van der Waals surface area contributed by atoms with Crippen molar-refractivity contribution in [2.45, 2.75) is 0 Å². The second-order valence-corrected chi connectivity index (χ2v) is 4.76. The summed E-state index contributed by atoms with van der Waals surface area (Å²) >= 11 is 4.76. The molecule has 3 nitrogen and oxygen atoms in total. The highest BCUT2D eigenvalue weighted by Gasteiger charge is 2.08. The maximum absolute atomic E-state index is 5.30. The molecule has 0 bridgehead atoms. The molecule has 0 aliphatic carbocycles. The first-order chi connectivity index (χ1) is 10.3. The van der Waals surface area contributed by atoms with Crippen LogP contribution in [0.25, 0.3) is 0 Å². The van der Waals surface area contributed by atoms with Crippen molar-refractivity contribution in [1.29, 1.82) is 0 Å². The van der Waals surface area contributed by atoms with Crippen molar-refractivity contribution in [3.63, 3.8) is 0 Å². The molecule has 1 N–H and O–H groups in total. The second-order valence-electron chi connectivity index (χ2n) is 4.32. The van der Waals surface area contributed by atoms with Crippen LogP contribution in [-0.4, -0.2) is 18.6 Å². The van der Waals surface area contributed by atoms with Gasteiger partial charge in [-0.15, -0.1) is 0 Å². The average Bonchev–Trinajstić information content (AvgIpc) is 2.57. The Labute approximate surface area is 130 Å². The number of pyridine rings is 1. The molecule has 21 heavy (non-hydrogen) atoms. The predicted octanol–water partition coefficient (Wildman–Crippen LogP) is 4.33. The van der Waals surface area contributed by atoms with E-state index in [0.29, 0.717) is 0 Å². The summed E-state index contributed by atoms with van der Waals surface area (Å²) in [7, 11) is 1.70. The number of benzene rings is 1. The van der Waals surface area contributed by atoms with Crippen molar-refractivity contribution < 1.29 is 4.74 Å². The minimum atomic E-state index is 0.780. The van der Waals surface area contributed by atoms with Crippen LogP contribution >= 0.6 is 12.2 Å². The van der Waals surface area contributed by atoms with Crippen LogP contribution in [0.5, 0.6) is 5.75 Å². The number of aromatic nitrogens is 1. The van der Waals surface area contributed by atoms with Gasteiger partial charge in [0.1, 0.15) is 10.4 Å². The molecule has 1 aliphatic heterocycles. The Morgan fingerprint density at radius 3 is 2.48 bits per heavy atom. The first kappa shape index (κ1) is 15.1. The fourth-order valence-electron chi connectivity index (χ4n) is 1.89. The van der Waals surface area contributed by atoms with E-state index in [1.807, 2.05) is 54.7 Å². The maximum Gasteiger partial charge on any atom is 0.142 e. The van der Waals surface area contributed by atoms with E-state index < -0.39 is 0 Å². The van der Waals surface area contributed by atoms with Gasteiger partial charge in [-0.3, -0.25) is 0 Å². The second kappa shape index (κ2) is 8.07. The maximum atomic E-state index is 5.30. The molecule has 0 atom stereocenters. The highest BCUT2D eigenvalue weighted by Crippen LogP contribution is 2.28. The van der Waals surface area contributed by atoms with Crippen LogP contribution in [0.15, 0.2) is 73.1 Å². The summed E-state index contributed by atoms with van der Waals surface area (Å²) in [5, 5.41) is 0. The Morgan fingerprint density at radius 2 is 1.90 bits per heavy atom. The van der Waals surface area contributed by atoms with Crippen LogP contribution in [0.4, 0.5) is 5.69 Å². The summed E-state index contributed by atoms with van der Waals surface area (Å²) in [6, 6.07) is 13.7. The van der Waals surface area contributed by atoms with E-state index >= 15 is 0 Å². The summed E-state index contributed by atoms with van der Waals surface area (Å²) in [5.41, 5.74) is 1.11. The molecular weight excluding hydrogens is 280 g/mol. The van der Waals surface area contributed by atoms with Gasteiger partial charge in [0.05, 0.1) is 12.8 Å². The first-order valence-corrected chi connectivity index (χ1v) is 7.09. The molecule has 1 aromatic carbocycles. The smallest absolute Gasteiger partial charge is 0.142 e. The molecule has 0 spiro atoms. The topological polar surface area (TPSA) is 28.3 Å². The number of ether oxygens (including phenoxy) is 1. The normalized spacial score (nSPS) is 12.5. The van der Waals surface area contributed by atoms with Crippen molar-refractivity contribution >= 4 is 17.9 Å². The summed E-state index contributed by atoms with van der Waals surface area (Å²) in [4.78, 5) is 5.00. The molecule has 0 saturated carbocycles. The third-order valence-electron chi connectivity index (χ3n) is 2.89. The third kappa shape index (κ3) is 4.61. The molecule has 0 saturated heterocycles. The van der Waals surface area contributed by atoms with E-state index in [0.717, 1.165) is 22.6 Å². The van der Waals surface area contributed by atoms with Crippen molar-refractivity contribution in [2.75, 3.05) is 18.6 Å². The van der Waals surface area contributed by atoms with Crippen molar-refractivity contribution in [2.24, 2.45) is 0 Å². The van der Waals surface area contributed by atoms with Crippen LogP contribution < -0.4 is 9.64 Å². The Bertz CT molecular complexity index is 659. The Morgan fingerprint density at radius 1 is 1.10 bits per heavy atom. The number of hydrogen-bond donors (Lipinski definition) is 1. The van der Waals surface area contributed by atoms with E-state index in [1.165, 1.54) is 0 Å². The number of hydrogen-bond acceptors (Lipinski definition) is 3. The largest absolute Gasteiger partial charge is 0.495 e. The van der Waals surface area contributed by atoms with Gasteiger partial charge in [-0.25, -0.2) is 0 Å². The number of methoxy groups -OCH3 is 1. The molecule has 3 rings (SSSR count). The third-order valence-corrected chi connectivity index (χ3v) is 3.14. The van der Waals surface area contributed by atoms with Gasteiger partial charge in [-0.05, 0) is 30.3 Å². The molecule has 2 heterocycles. The quantitative estimate of drug-likeness (QED) is 0.837. The molecule has 1 aliphatic rings. The standard InChI is InChI=1S/C12H13NO.C5H5NS/c1-14-12-8-4-3-7-11(12)13-9-5-2-6-10-13;7-5-3-1-2-4-6-5/h2-9H,10H2,1H3;1-4H,(H,6,7). The number of nitrogens with one attached hydrogen (secondary N) is 1. The van der Waals surface area contributed by atoms with E-state index in [2.05, 4.69) is 28.2 Å². The van der Waals surface area contributed by atoms with Crippen LogP contribution in [0, 0.1) is 4.64 Å². The fraction of sp³-hybridized carbons (Fsp3) is 0.118. The molecule has 0 radical (unpaired) electrons. The van der Waals surface area contributed by atoms with Crippen molar-refractivity contribution in [3.05, 3.63) is 77.7 Å². The lowest BCUT2D eigenvalue weighted by Crippen LogP contribution is -2.17. The zero-order valence-electron chi connectivity index (χ0n) is 11.9. The van der Waals surface area contributed by atoms with Crippen LogP contribution in [0.1, 0.15) is 0 Å². The van der Waals surface area contributed by atoms with Gasteiger partial charge in [0.15, 0.2) is 0 Å². The summed E-state index contributed by atoms with van der Waals surface area (Å²) in [6.45, 7) is 0.900. The molecule has 0 amide bonds. The number of para-hydroxylation sites is 2. The predicted molar refractivity (Wildman–Crippen MR) is 90.2 cm³/mol. The van der Waals surface area contributed by atoms with Gasteiger partial charge < -0.3 is 14.6 Å². The highest BCUT2D eigenvalue weighted by molar-refractivity contribution is 7.71. The minimum absolute atomic E-state index is 0.780. The summed E-state index contributed by atoms with van der Waals surface area (Å²) in [5.74, 6) is 0.910. The minimum Gasteiger partial charge on any atom is -0.495 e.